The van der Waals surface area contributed by atoms with Gasteiger partial charge in [-0.1, -0.05) is 24.3 Å². The molecule has 43 heavy (non-hydrogen) atoms. The molecule has 2 atom stereocenters. The number of hydrogen-bond donors (Lipinski definition) is 3. The van der Waals surface area contributed by atoms with E-state index >= 15 is 0 Å². The van der Waals surface area contributed by atoms with Gasteiger partial charge in [0.1, 0.15) is 6.04 Å². The molecule has 5 N–H and O–H groups in total. The average molecular weight is 597 g/mol. The highest BCUT2D eigenvalue weighted by Crippen LogP contribution is 2.30. The Morgan fingerprint density at radius 3 is 1.42 bits per heavy atom. The molecule has 0 aliphatic carbocycles. The van der Waals surface area contributed by atoms with E-state index in [-0.39, 0.29) is 34.1 Å². The van der Waals surface area contributed by atoms with Gasteiger partial charge in [-0.15, -0.1) is 0 Å². The second-order valence-electron chi connectivity index (χ2n) is 8.87. The zero-order chi connectivity index (χ0) is 32.5. The van der Waals surface area contributed by atoms with Gasteiger partial charge in [0.25, 0.3) is 0 Å². The lowest BCUT2D eigenvalue weighted by Gasteiger charge is -2.26. The molecule has 0 saturated carbocycles. The summed E-state index contributed by atoms with van der Waals surface area (Å²) in [7, 11) is 0. The first-order valence-corrected chi connectivity index (χ1v) is 12.3. The molecule has 14 nitrogen and oxygen atoms in total. The van der Waals surface area contributed by atoms with Crippen LogP contribution < -0.4 is 30.4 Å². The number of esters is 4. The van der Waals surface area contributed by atoms with E-state index in [1.54, 1.807) is 0 Å². The van der Waals surface area contributed by atoms with Crippen molar-refractivity contribution in [1.29, 1.82) is 0 Å². The van der Waals surface area contributed by atoms with Gasteiger partial charge in [-0.3, -0.25) is 28.8 Å². The van der Waals surface area contributed by atoms with E-state index in [0.29, 0.717) is 0 Å². The van der Waals surface area contributed by atoms with Gasteiger partial charge in [0, 0.05) is 27.7 Å². The fourth-order valence-corrected chi connectivity index (χ4v) is 3.41. The second-order valence-corrected chi connectivity index (χ2v) is 8.87. The summed E-state index contributed by atoms with van der Waals surface area (Å²) in [6.07, 6.45) is 3.98. The second kappa shape index (κ2) is 14.4. The standard InChI is InChI=1S/C29H28N2O12/c1-15(32)40-22-10-6-19(13-24(22)42-17(3)34)5-9-21(36)27(30)29(31,28(38)39)26(37)12-8-20-7-11-23(41-16(2)33)25(14-20)43-18(4)35/h5-14,27H,30-31H2,1-4H3,(H,38,39). The molecule has 0 aromatic heterocycles. The van der Waals surface area contributed by atoms with Crippen molar-refractivity contribution in [3.8, 4) is 23.0 Å². The maximum Gasteiger partial charge on any atom is 0.333 e. The zero-order valence-corrected chi connectivity index (χ0v) is 23.4. The highest BCUT2D eigenvalue weighted by Gasteiger charge is 2.49. The molecule has 14 heteroatoms. The molecule has 0 radical (unpaired) electrons. The Bertz CT molecular complexity index is 1540. The SMILES string of the molecule is CC(=O)Oc1ccc(C=CC(=O)C(N)C(N)(C(=O)O)C(=O)C=Cc2ccc(OC(C)=O)c(OC(C)=O)c2)cc1OC(C)=O. The topological polar surface area (TPSA) is 229 Å². The molecule has 0 amide bonds. The lowest BCUT2D eigenvalue weighted by molar-refractivity contribution is -0.149. The summed E-state index contributed by atoms with van der Waals surface area (Å²) < 4.78 is 20.0. The predicted octanol–water partition coefficient (Wildman–Crippen LogP) is 1.36. The molecule has 0 fully saturated rings. The predicted molar refractivity (Wildman–Crippen MR) is 149 cm³/mol. The van der Waals surface area contributed by atoms with Gasteiger partial charge in [-0.2, -0.15) is 0 Å². The first-order chi connectivity index (χ1) is 20.0. The van der Waals surface area contributed by atoms with E-state index in [1.807, 2.05) is 0 Å². The third-order valence-electron chi connectivity index (χ3n) is 5.38. The van der Waals surface area contributed by atoms with Crippen LogP contribution in [0, 0.1) is 0 Å². The number of ether oxygens (including phenoxy) is 4. The molecule has 2 rings (SSSR count). The molecule has 0 aliphatic rings. The molecule has 2 unspecified atom stereocenters. The Morgan fingerprint density at radius 2 is 1.05 bits per heavy atom. The normalized spacial score (nSPS) is 13.1. The Balaban J connectivity index is 2.32. The minimum Gasteiger partial charge on any atom is -0.479 e. The monoisotopic (exact) mass is 596 g/mol. The van der Waals surface area contributed by atoms with Crippen LogP contribution in [0.3, 0.4) is 0 Å². The number of hydrogen-bond acceptors (Lipinski definition) is 13. The average Bonchev–Trinajstić information content (AvgIpc) is 2.90. The van der Waals surface area contributed by atoms with Crippen molar-refractivity contribution in [1.82, 2.24) is 0 Å². The van der Waals surface area contributed by atoms with Crippen LogP contribution in [0.5, 0.6) is 23.0 Å². The number of carboxylic acid groups (broad SMARTS) is 1. The summed E-state index contributed by atoms with van der Waals surface area (Å²) in [6, 6.07) is 5.82. The molecule has 226 valence electrons. The molecular weight excluding hydrogens is 568 g/mol. The van der Waals surface area contributed by atoms with Gasteiger partial charge in [0.15, 0.2) is 40.1 Å². The van der Waals surface area contributed by atoms with Gasteiger partial charge in [-0.25, -0.2) is 4.79 Å². The lowest BCUT2D eigenvalue weighted by atomic mass is 9.84. The minimum absolute atomic E-state index is 0.0619. The molecule has 0 heterocycles. The van der Waals surface area contributed by atoms with Gasteiger partial charge in [0.05, 0.1) is 0 Å². The zero-order valence-electron chi connectivity index (χ0n) is 23.4. The van der Waals surface area contributed by atoms with Crippen LogP contribution in [0.1, 0.15) is 38.8 Å². The number of benzene rings is 2. The maximum absolute atomic E-state index is 13.0. The molecule has 0 saturated heterocycles. The van der Waals surface area contributed by atoms with Crippen LogP contribution in [0.15, 0.2) is 48.6 Å². The first kappa shape index (κ1) is 33.7. The third kappa shape index (κ3) is 9.27. The lowest BCUT2D eigenvalue weighted by Crippen LogP contribution is -2.68. The number of nitrogens with two attached hydrogens (primary N) is 2. The van der Waals surface area contributed by atoms with Gasteiger partial charge in [-0.05, 0) is 47.5 Å². The third-order valence-corrected chi connectivity index (χ3v) is 5.38. The number of carbonyl (C=O) groups is 7. The number of rotatable bonds is 12. The highest BCUT2D eigenvalue weighted by molar-refractivity contribution is 6.19. The smallest absolute Gasteiger partial charge is 0.333 e. The molecular formula is C29H28N2O12. The van der Waals surface area contributed by atoms with Gasteiger partial charge < -0.3 is 35.5 Å². The van der Waals surface area contributed by atoms with E-state index in [0.717, 1.165) is 45.9 Å². The highest BCUT2D eigenvalue weighted by atomic mass is 16.6. The Labute approximate surface area is 244 Å². The minimum atomic E-state index is -2.89. The summed E-state index contributed by atoms with van der Waals surface area (Å²) in [4.78, 5) is 83.3. The largest absolute Gasteiger partial charge is 0.479 e. The van der Waals surface area contributed by atoms with Crippen molar-refractivity contribution in [2.24, 2.45) is 11.5 Å². The van der Waals surface area contributed by atoms with Crippen LogP contribution in [-0.2, 0) is 33.6 Å². The van der Waals surface area contributed by atoms with E-state index in [2.05, 4.69) is 0 Å². The number of aliphatic carboxylic acids is 1. The number of carbonyl (C=O) groups excluding carboxylic acids is 6. The fraction of sp³-hybridized carbons (Fsp3) is 0.207. The van der Waals surface area contributed by atoms with Gasteiger partial charge >= 0.3 is 29.8 Å². The molecule has 2 aromatic carbocycles. The van der Waals surface area contributed by atoms with Crippen LogP contribution in [0.25, 0.3) is 12.2 Å². The molecule has 0 bridgehead atoms. The van der Waals surface area contributed by atoms with E-state index in [4.69, 9.17) is 30.4 Å². The Hall–Kier alpha value is -5.47. The van der Waals surface area contributed by atoms with Crippen LogP contribution >= 0.6 is 0 Å². The molecule has 2 aromatic rings. The van der Waals surface area contributed by atoms with Crippen molar-refractivity contribution in [3.63, 3.8) is 0 Å². The van der Waals surface area contributed by atoms with E-state index < -0.39 is 53.0 Å². The van der Waals surface area contributed by atoms with Crippen LogP contribution in [0.4, 0.5) is 0 Å². The molecule has 0 aliphatic heterocycles. The summed E-state index contributed by atoms with van der Waals surface area (Å²) in [5, 5.41) is 9.76. The number of ketones is 2. The summed E-state index contributed by atoms with van der Waals surface area (Å²) >= 11 is 0. The first-order valence-electron chi connectivity index (χ1n) is 12.3. The Kier molecular flexibility index (Phi) is 11.3. The van der Waals surface area contributed by atoms with Crippen LogP contribution in [0.2, 0.25) is 0 Å². The fourth-order valence-electron chi connectivity index (χ4n) is 3.41. The van der Waals surface area contributed by atoms with Crippen molar-refractivity contribution in [3.05, 3.63) is 59.7 Å². The number of carboxylic acids is 1. The van der Waals surface area contributed by atoms with Crippen molar-refractivity contribution in [2.75, 3.05) is 0 Å². The van der Waals surface area contributed by atoms with Crippen molar-refractivity contribution < 1.29 is 57.6 Å². The van der Waals surface area contributed by atoms with Gasteiger partial charge in [0.2, 0.25) is 0 Å². The van der Waals surface area contributed by atoms with Crippen molar-refractivity contribution >= 4 is 53.6 Å². The summed E-state index contributed by atoms with van der Waals surface area (Å²) in [5.41, 5.74) is 9.31. The summed E-state index contributed by atoms with van der Waals surface area (Å²) in [5.74, 6) is -7.37. The van der Waals surface area contributed by atoms with E-state index in [9.17, 15) is 38.7 Å². The Morgan fingerprint density at radius 1 is 0.674 bits per heavy atom. The van der Waals surface area contributed by atoms with Crippen LogP contribution in [-0.4, -0.2) is 58.1 Å². The summed E-state index contributed by atoms with van der Waals surface area (Å²) in [6.45, 7) is 4.52. The molecule has 0 spiro atoms. The quantitative estimate of drug-likeness (QED) is 0.136. The van der Waals surface area contributed by atoms with E-state index in [1.165, 1.54) is 42.5 Å². The maximum atomic E-state index is 13.0. The van der Waals surface area contributed by atoms with Crippen molar-refractivity contribution in [2.45, 2.75) is 39.3 Å².